The molecular weight excluding hydrogens is 565 g/mol. The van der Waals surface area contributed by atoms with Gasteiger partial charge < -0.3 is 14.2 Å². The summed E-state index contributed by atoms with van der Waals surface area (Å²) >= 11 is 2.98. The van der Waals surface area contributed by atoms with Crippen LogP contribution in [-0.2, 0) is 9.53 Å². The van der Waals surface area contributed by atoms with E-state index in [1.54, 1.807) is 16.3 Å². The largest absolute Gasteiger partial charge is 0.459 e. The summed E-state index contributed by atoms with van der Waals surface area (Å²) in [4.78, 5) is 35.9. The average molecular weight is 601 g/mol. The van der Waals surface area contributed by atoms with E-state index in [4.69, 9.17) is 9.73 Å². The van der Waals surface area contributed by atoms with Gasteiger partial charge in [0, 0.05) is 41.8 Å². The van der Waals surface area contributed by atoms with Crippen molar-refractivity contribution in [3.8, 4) is 5.69 Å². The lowest BCUT2D eigenvalue weighted by atomic mass is 9.96. The van der Waals surface area contributed by atoms with Gasteiger partial charge in [0.1, 0.15) is 0 Å². The van der Waals surface area contributed by atoms with E-state index in [1.807, 2.05) is 71.5 Å². The molecule has 0 amide bonds. The van der Waals surface area contributed by atoms with Crippen molar-refractivity contribution >= 4 is 40.8 Å². The summed E-state index contributed by atoms with van der Waals surface area (Å²) in [6.45, 7) is 9.58. The van der Waals surface area contributed by atoms with Crippen LogP contribution in [0.3, 0.4) is 0 Å². The van der Waals surface area contributed by atoms with Crippen molar-refractivity contribution in [3.05, 3.63) is 108 Å². The van der Waals surface area contributed by atoms with Gasteiger partial charge in [-0.3, -0.25) is 9.36 Å². The van der Waals surface area contributed by atoms with Crippen molar-refractivity contribution in [1.29, 1.82) is 0 Å². The first-order valence-corrected chi connectivity index (χ1v) is 15.9. The Labute approximate surface area is 254 Å². The zero-order valence-corrected chi connectivity index (χ0v) is 26.9. The highest BCUT2D eigenvalue weighted by Crippen LogP contribution is 2.32. The van der Waals surface area contributed by atoms with Crippen molar-refractivity contribution in [2.45, 2.75) is 51.7 Å². The van der Waals surface area contributed by atoms with Crippen LogP contribution in [-0.4, -0.2) is 41.6 Å². The zero-order chi connectivity index (χ0) is 30.3. The number of thiazole rings is 1. The molecule has 7 nitrogen and oxygen atoms in total. The van der Waals surface area contributed by atoms with Crippen molar-refractivity contribution in [2.24, 2.45) is 4.99 Å². The molecule has 218 valence electrons. The summed E-state index contributed by atoms with van der Waals surface area (Å²) in [6.07, 6.45) is 3.66. The Balaban J connectivity index is 1.65. The van der Waals surface area contributed by atoms with Gasteiger partial charge in [-0.15, -0.1) is 11.8 Å². The number of aryl methyl sites for hydroxylation is 1. The number of nitrogens with zero attached hydrogens (tertiary/aromatic N) is 4. The van der Waals surface area contributed by atoms with Crippen molar-refractivity contribution in [1.82, 2.24) is 9.13 Å². The number of ether oxygens (including phenoxy) is 1. The third-order valence-corrected chi connectivity index (χ3v) is 9.12. The molecule has 0 bridgehead atoms. The number of anilines is 1. The summed E-state index contributed by atoms with van der Waals surface area (Å²) in [6, 6.07) is 17.9. The molecule has 0 aliphatic carbocycles. The minimum Gasteiger partial charge on any atom is -0.459 e. The van der Waals surface area contributed by atoms with Gasteiger partial charge in [-0.05, 0) is 101 Å². The molecule has 0 N–H and O–H groups in total. The second kappa shape index (κ2) is 11.8. The maximum Gasteiger partial charge on any atom is 0.338 e. The summed E-state index contributed by atoms with van der Waals surface area (Å²) in [5.74, 6) is -0.455. The van der Waals surface area contributed by atoms with Gasteiger partial charge in [-0.2, -0.15) is 0 Å². The maximum absolute atomic E-state index is 14.1. The highest BCUT2D eigenvalue weighted by atomic mass is 32.2. The van der Waals surface area contributed by atoms with Gasteiger partial charge in [0.05, 0.1) is 27.9 Å². The first-order valence-electron chi connectivity index (χ1n) is 13.8. The molecule has 9 heteroatoms. The fourth-order valence-corrected chi connectivity index (χ4v) is 6.78. The normalized spacial score (nSPS) is 15.2. The molecule has 0 saturated carbocycles. The minimum atomic E-state index is -0.631. The zero-order valence-electron chi connectivity index (χ0n) is 25.3. The predicted octanol–water partition coefficient (Wildman–Crippen LogP) is 5.38. The number of fused-ring (bicyclic) bond motifs is 1. The maximum atomic E-state index is 14.1. The van der Waals surface area contributed by atoms with Crippen LogP contribution >= 0.6 is 23.1 Å². The van der Waals surface area contributed by atoms with Crippen molar-refractivity contribution in [2.75, 3.05) is 25.3 Å². The van der Waals surface area contributed by atoms with E-state index in [-0.39, 0.29) is 11.7 Å². The first-order chi connectivity index (χ1) is 20.0. The summed E-state index contributed by atoms with van der Waals surface area (Å²) < 4.78 is 10.0. The molecule has 0 fully saturated rings. The first kappa shape index (κ1) is 29.7. The van der Waals surface area contributed by atoms with E-state index in [1.165, 1.54) is 11.3 Å². The Morgan fingerprint density at radius 2 is 1.74 bits per heavy atom. The Morgan fingerprint density at radius 1 is 1.07 bits per heavy atom. The number of rotatable bonds is 7. The van der Waals surface area contributed by atoms with Crippen LogP contribution in [0.25, 0.3) is 11.8 Å². The number of allylic oxidation sites excluding steroid dienone is 1. The van der Waals surface area contributed by atoms with E-state index in [0.29, 0.717) is 20.6 Å². The number of hydrogen-bond donors (Lipinski definition) is 0. The fourth-order valence-electron chi connectivity index (χ4n) is 5.33. The van der Waals surface area contributed by atoms with Crippen molar-refractivity contribution < 1.29 is 9.53 Å². The van der Waals surface area contributed by atoms with Gasteiger partial charge in [0.25, 0.3) is 5.56 Å². The number of carbonyl (C=O) groups is 1. The van der Waals surface area contributed by atoms with Crippen LogP contribution in [0, 0.1) is 13.8 Å². The lowest BCUT2D eigenvalue weighted by Crippen LogP contribution is -2.40. The molecule has 2 aromatic heterocycles. The molecule has 1 aliphatic rings. The third-order valence-electron chi connectivity index (χ3n) is 7.40. The standard InChI is InChI=1S/C33H36N4O3S2/c1-19(2)40-32(39)29-21(4)34-33-37(30(29)23-9-15-27(41-8)16-10-23)31(38)28(42-33)18-24-17-20(3)36(22(24)5)26-13-11-25(12-14-26)35(6)7/h9-19,30H,1-8H3/b28-18-/t30-/m0/s1. The Kier molecular flexibility index (Phi) is 8.35. The number of aromatic nitrogens is 2. The molecule has 3 heterocycles. The Hall–Kier alpha value is -3.82. The van der Waals surface area contributed by atoms with Gasteiger partial charge >= 0.3 is 5.97 Å². The van der Waals surface area contributed by atoms with Crippen LogP contribution in [0.5, 0.6) is 0 Å². The predicted molar refractivity (Wildman–Crippen MR) is 173 cm³/mol. The Bertz CT molecular complexity index is 1860. The van der Waals surface area contributed by atoms with Crippen molar-refractivity contribution in [3.63, 3.8) is 0 Å². The summed E-state index contributed by atoms with van der Waals surface area (Å²) in [5, 5.41) is 0. The Morgan fingerprint density at radius 3 is 2.33 bits per heavy atom. The van der Waals surface area contributed by atoms with Gasteiger partial charge in [-0.1, -0.05) is 23.5 Å². The highest BCUT2D eigenvalue weighted by Gasteiger charge is 2.33. The molecule has 0 unspecified atom stereocenters. The van der Waals surface area contributed by atoms with Gasteiger partial charge in [0.2, 0.25) is 0 Å². The molecule has 2 aromatic carbocycles. The van der Waals surface area contributed by atoms with Crippen LogP contribution in [0.2, 0.25) is 0 Å². The molecule has 4 aromatic rings. The highest BCUT2D eigenvalue weighted by molar-refractivity contribution is 7.98. The molecule has 1 aliphatic heterocycles. The van der Waals surface area contributed by atoms with Crippen LogP contribution in [0.4, 0.5) is 5.69 Å². The lowest BCUT2D eigenvalue weighted by Gasteiger charge is -2.25. The van der Waals surface area contributed by atoms with Crippen LogP contribution in [0.15, 0.2) is 80.5 Å². The monoisotopic (exact) mass is 600 g/mol. The number of carbonyl (C=O) groups excluding carboxylic acids is 1. The summed E-state index contributed by atoms with van der Waals surface area (Å²) in [5.41, 5.74) is 6.88. The van der Waals surface area contributed by atoms with E-state index in [0.717, 1.165) is 38.8 Å². The molecule has 0 radical (unpaired) electrons. The smallest absolute Gasteiger partial charge is 0.338 e. The van der Waals surface area contributed by atoms with E-state index in [9.17, 15) is 9.59 Å². The third kappa shape index (κ3) is 5.51. The summed E-state index contributed by atoms with van der Waals surface area (Å²) in [7, 11) is 4.05. The minimum absolute atomic E-state index is 0.180. The van der Waals surface area contributed by atoms with E-state index < -0.39 is 12.0 Å². The molecule has 5 rings (SSSR count). The average Bonchev–Trinajstić information content (AvgIpc) is 3.41. The van der Waals surface area contributed by atoms with E-state index >= 15 is 0 Å². The lowest BCUT2D eigenvalue weighted by molar-refractivity contribution is -0.143. The molecule has 0 spiro atoms. The second-order valence-electron chi connectivity index (χ2n) is 10.9. The SMILES string of the molecule is CSc1ccc([C@H]2C(C(=O)OC(C)C)=C(C)N=c3s/c(=C\c4cc(C)n(-c5ccc(N(C)C)cc5)c4C)c(=O)n32)cc1. The number of benzene rings is 2. The second-order valence-corrected chi connectivity index (χ2v) is 12.8. The topological polar surface area (TPSA) is 68.8 Å². The number of hydrogen-bond acceptors (Lipinski definition) is 7. The van der Waals surface area contributed by atoms with Crippen LogP contribution in [0.1, 0.15) is 49.3 Å². The molecular formula is C33H36N4O3S2. The van der Waals surface area contributed by atoms with Crippen LogP contribution < -0.4 is 19.8 Å². The van der Waals surface area contributed by atoms with Gasteiger partial charge in [0.15, 0.2) is 4.80 Å². The number of esters is 1. The molecule has 1 atom stereocenters. The molecule has 42 heavy (non-hydrogen) atoms. The van der Waals surface area contributed by atoms with E-state index in [2.05, 4.69) is 53.6 Å². The molecule has 0 saturated heterocycles. The quantitative estimate of drug-likeness (QED) is 0.210. The van der Waals surface area contributed by atoms with Gasteiger partial charge in [-0.25, -0.2) is 9.79 Å². The number of thioether (sulfide) groups is 1. The fraction of sp³-hybridized carbons (Fsp3) is 0.303.